The number of amides is 1. The van der Waals surface area contributed by atoms with Crippen molar-refractivity contribution in [3.63, 3.8) is 0 Å². The minimum Gasteiger partial charge on any atom is -0.481 e. The Morgan fingerprint density at radius 3 is 2.55 bits per heavy atom. The summed E-state index contributed by atoms with van der Waals surface area (Å²) in [5.41, 5.74) is 0.933. The van der Waals surface area contributed by atoms with Crippen molar-refractivity contribution in [2.75, 3.05) is 5.32 Å². The number of allylic oxidation sites excluding steroid dienone is 2. The van der Waals surface area contributed by atoms with Crippen molar-refractivity contribution in [2.45, 2.75) is 13.3 Å². The van der Waals surface area contributed by atoms with Crippen molar-refractivity contribution >= 4 is 17.7 Å². The summed E-state index contributed by atoms with van der Waals surface area (Å²) < 4.78 is 1.67. The number of aliphatic carboxylic acids is 1. The molecule has 0 radical (unpaired) electrons. The van der Waals surface area contributed by atoms with Crippen molar-refractivity contribution in [1.29, 1.82) is 0 Å². The second kappa shape index (κ2) is 4.47. The first kappa shape index (κ1) is 12.9. The Kier molecular flexibility index (Phi) is 2.88. The Morgan fingerprint density at radius 1 is 1.35 bits per heavy atom. The number of carbonyl (C=O) groups is 2. The minimum atomic E-state index is -0.890. The number of rotatable bonds is 3. The van der Waals surface area contributed by atoms with Gasteiger partial charge in [0.05, 0.1) is 11.8 Å². The van der Waals surface area contributed by atoms with Gasteiger partial charge in [-0.2, -0.15) is 5.10 Å². The number of nitrogens with one attached hydrogen (secondary N) is 1. The summed E-state index contributed by atoms with van der Waals surface area (Å²) in [5.74, 6) is -1.75. The fraction of sp³-hybridized carbons (Fsp3) is 0.500. The van der Waals surface area contributed by atoms with Crippen LogP contribution < -0.4 is 5.32 Å². The van der Waals surface area contributed by atoms with Gasteiger partial charge in [0.1, 0.15) is 0 Å². The third-order valence-corrected chi connectivity index (χ3v) is 4.41. The van der Waals surface area contributed by atoms with Gasteiger partial charge in [0, 0.05) is 18.8 Å². The van der Waals surface area contributed by atoms with Crippen LogP contribution in [0.2, 0.25) is 0 Å². The van der Waals surface area contributed by atoms with Crippen LogP contribution in [0.3, 0.4) is 0 Å². The van der Waals surface area contributed by atoms with E-state index in [9.17, 15) is 14.7 Å². The minimum absolute atomic E-state index is 0.0151. The maximum absolute atomic E-state index is 12.4. The van der Waals surface area contributed by atoms with Gasteiger partial charge in [-0.1, -0.05) is 12.2 Å². The molecule has 1 heterocycles. The van der Waals surface area contributed by atoms with Crippen LogP contribution in [0.1, 0.15) is 12.1 Å². The van der Waals surface area contributed by atoms with Gasteiger partial charge in [0.15, 0.2) is 5.82 Å². The molecule has 2 aliphatic carbocycles. The van der Waals surface area contributed by atoms with E-state index in [1.165, 1.54) is 0 Å². The third-order valence-electron chi connectivity index (χ3n) is 4.41. The summed E-state index contributed by atoms with van der Waals surface area (Å²) in [7, 11) is 1.80. The fourth-order valence-electron chi connectivity index (χ4n) is 3.35. The number of fused-ring (bicyclic) bond motifs is 2. The summed E-state index contributed by atoms with van der Waals surface area (Å²) >= 11 is 0. The smallest absolute Gasteiger partial charge is 0.307 e. The second-order valence-electron chi connectivity index (χ2n) is 5.62. The lowest BCUT2D eigenvalue weighted by atomic mass is 9.82. The lowest BCUT2D eigenvalue weighted by Gasteiger charge is -2.23. The molecule has 6 heteroatoms. The molecule has 106 valence electrons. The number of hydrogen-bond acceptors (Lipinski definition) is 3. The molecule has 1 fully saturated rings. The zero-order valence-electron chi connectivity index (χ0n) is 11.4. The molecule has 6 nitrogen and oxygen atoms in total. The van der Waals surface area contributed by atoms with Gasteiger partial charge < -0.3 is 10.4 Å². The highest BCUT2D eigenvalue weighted by molar-refractivity contribution is 5.95. The number of carbonyl (C=O) groups excluding carboxylic acids is 1. The van der Waals surface area contributed by atoms with Gasteiger partial charge >= 0.3 is 5.97 Å². The molecule has 0 unspecified atom stereocenters. The van der Waals surface area contributed by atoms with Crippen LogP contribution in [0.25, 0.3) is 0 Å². The van der Waals surface area contributed by atoms with Gasteiger partial charge in [-0.3, -0.25) is 14.3 Å². The normalized spacial score (nSPS) is 30.7. The van der Waals surface area contributed by atoms with E-state index in [2.05, 4.69) is 10.4 Å². The quantitative estimate of drug-likeness (QED) is 0.812. The van der Waals surface area contributed by atoms with Crippen molar-refractivity contribution < 1.29 is 14.7 Å². The Bertz CT molecular complexity index is 585. The SMILES string of the molecule is Cc1cc(NC(=O)[C@H]2[C@@H](C(=O)O)[C@H]3C=C[C@H]2C3)nn1C. The summed E-state index contributed by atoms with van der Waals surface area (Å²) in [6.45, 7) is 1.89. The predicted molar refractivity (Wildman–Crippen MR) is 71.9 cm³/mol. The largest absolute Gasteiger partial charge is 0.481 e. The molecule has 0 aromatic carbocycles. The highest BCUT2D eigenvalue weighted by atomic mass is 16.4. The van der Waals surface area contributed by atoms with Gasteiger partial charge in [-0.15, -0.1) is 0 Å². The fourth-order valence-corrected chi connectivity index (χ4v) is 3.35. The standard InChI is InChI=1S/C14H17N3O3/c1-7-5-10(16-17(7)2)15-13(18)11-8-3-4-9(6-8)12(11)14(19)20/h3-5,8-9,11-12H,6H2,1-2H3,(H,19,20)(H,15,16,18)/t8-,9-,11+,12-/m0/s1. The van der Waals surface area contributed by atoms with E-state index in [-0.39, 0.29) is 17.7 Å². The molecule has 1 aromatic heterocycles. The van der Waals surface area contributed by atoms with Crippen LogP contribution in [-0.2, 0) is 16.6 Å². The van der Waals surface area contributed by atoms with Crippen molar-refractivity contribution in [3.05, 3.63) is 23.9 Å². The Hall–Kier alpha value is -2.11. The molecule has 1 aromatic rings. The van der Waals surface area contributed by atoms with Crippen LogP contribution in [-0.4, -0.2) is 26.8 Å². The molecule has 3 rings (SSSR count). The first-order valence-corrected chi connectivity index (χ1v) is 6.70. The molecule has 0 aliphatic heterocycles. The van der Waals surface area contributed by atoms with E-state index in [1.54, 1.807) is 17.8 Å². The molecule has 0 saturated heterocycles. The van der Waals surface area contributed by atoms with Gasteiger partial charge in [-0.05, 0) is 25.2 Å². The topological polar surface area (TPSA) is 84.2 Å². The maximum atomic E-state index is 12.4. The molecule has 4 atom stereocenters. The highest BCUT2D eigenvalue weighted by Gasteiger charge is 2.51. The Balaban J connectivity index is 1.79. The molecular formula is C14H17N3O3. The highest BCUT2D eigenvalue weighted by Crippen LogP contribution is 2.48. The van der Waals surface area contributed by atoms with E-state index >= 15 is 0 Å². The molecule has 1 saturated carbocycles. The van der Waals surface area contributed by atoms with Crippen molar-refractivity contribution in [3.8, 4) is 0 Å². The molecule has 2 N–H and O–H groups in total. The first-order chi connectivity index (χ1) is 9.47. The van der Waals surface area contributed by atoms with E-state index < -0.39 is 17.8 Å². The summed E-state index contributed by atoms with van der Waals surface area (Å²) in [6.07, 6.45) is 4.66. The molecule has 2 aliphatic rings. The summed E-state index contributed by atoms with van der Waals surface area (Å²) in [6, 6.07) is 1.77. The van der Waals surface area contributed by atoms with Gasteiger partial charge in [0.25, 0.3) is 0 Å². The molecular weight excluding hydrogens is 258 g/mol. The summed E-state index contributed by atoms with van der Waals surface area (Å²) in [5, 5.41) is 16.3. The number of carboxylic acid groups (broad SMARTS) is 1. The molecule has 2 bridgehead atoms. The van der Waals surface area contributed by atoms with E-state index in [4.69, 9.17) is 0 Å². The van der Waals surface area contributed by atoms with Crippen LogP contribution in [0, 0.1) is 30.6 Å². The van der Waals surface area contributed by atoms with Crippen molar-refractivity contribution in [1.82, 2.24) is 9.78 Å². The summed E-state index contributed by atoms with van der Waals surface area (Å²) in [4.78, 5) is 23.8. The van der Waals surface area contributed by atoms with E-state index in [1.807, 2.05) is 19.1 Å². The first-order valence-electron chi connectivity index (χ1n) is 6.70. The van der Waals surface area contributed by atoms with Crippen LogP contribution in [0.4, 0.5) is 5.82 Å². The number of carboxylic acids is 1. The predicted octanol–water partition coefficient (Wildman–Crippen LogP) is 1.19. The van der Waals surface area contributed by atoms with Crippen molar-refractivity contribution in [2.24, 2.45) is 30.7 Å². The molecule has 1 amide bonds. The Morgan fingerprint density at radius 2 is 2.00 bits per heavy atom. The maximum Gasteiger partial charge on any atom is 0.307 e. The van der Waals surface area contributed by atoms with Crippen LogP contribution >= 0.6 is 0 Å². The number of nitrogens with zero attached hydrogens (tertiary/aromatic N) is 2. The molecule has 20 heavy (non-hydrogen) atoms. The van der Waals surface area contributed by atoms with Crippen LogP contribution in [0.5, 0.6) is 0 Å². The monoisotopic (exact) mass is 275 g/mol. The molecule has 0 spiro atoms. The number of aryl methyl sites for hydroxylation is 2. The number of hydrogen-bond donors (Lipinski definition) is 2. The Labute approximate surface area is 116 Å². The number of anilines is 1. The van der Waals surface area contributed by atoms with Gasteiger partial charge in [-0.25, -0.2) is 0 Å². The zero-order chi connectivity index (χ0) is 14.4. The average Bonchev–Trinajstić information content (AvgIpc) is 3.04. The second-order valence-corrected chi connectivity index (χ2v) is 5.62. The lowest BCUT2D eigenvalue weighted by Crippen LogP contribution is -2.36. The zero-order valence-corrected chi connectivity index (χ0v) is 11.4. The number of aromatic nitrogens is 2. The van der Waals surface area contributed by atoms with Gasteiger partial charge in [0.2, 0.25) is 5.91 Å². The third kappa shape index (κ3) is 1.92. The van der Waals surface area contributed by atoms with E-state index in [0.29, 0.717) is 5.82 Å². The van der Waals surface area contributed by atoms with E-state index in [0.717, 1.165) is 12.1 Å². The average molecular weight is 275 g/mol. The van der Waals surface area contributed by atoms with Crippen LogP contribution in [0.15, 0.2) is 18.2 Å². The lowest BCUT2D eigenvalue weighted by molar-refractivity contribution is -0.146.